The van der Waals surface area contributed by atoms with Gasteiger partial charge in [-0.05, 0) is 44.0 Å². The predicted molar refractivity (Wildman–Crippen MR) is 111 cm³/mol. The maximum absolute atomic E-state index is 13.0. The van der Waals surface area contributed by atoms with Crippen LogP contribution in [0.5, 0.6) is 5.88 Å². The van der Waals surface area contributed by atoms with E-state index in [1.165, 1.54) is 16.9 Å². The molecule has 2 atom stereocenters. The quantitative estimate of drug-likeness (QED) is 0.646. The number of halogens is 1. The van der Waals surface area contributed by atoms with Gasteiger partial charge in [-0.25, -0.2) is 9.07 Å². The zero-order valence-corrected chi connectivity index (χ0v) is 17.2. The Morgan fingerprint density at radius 3 is 2.83 bits per heavy atom. The fourth-order valence-corrected chi connectivity index (χ4v) is 3.46. The number of ether oxygens (including phenoxy) is 1. The molecule has 3 aromatic heterocycles. The number of hydrogen-bond donors (Lipinski definition) is 1. The Bertz CT molecular complexity index is 1110. The number of anilines is 1. The first-order chi connectivity index (χ1) is 14.4. The van der Waals surface area contributed by atoms with Gasteiger partial charge in [-0.1, -0.05) is 6.07 Å². The molecule has 1 aliphatic carbocycles. The zero-order valence-electron chi connectivity index (χ0n) is 17.2. The smallest absolute Gasteiger partial charge is 0.290 e. The van der Waals surface area contributed by atoms with Gasteiger partial charge in [-0.2, -0.15) is 0 Å². The van der Waals surface area contributed by atoms with Gasteiger partial charge >= 0.3 is 0 Å². The van der Waals surface area contributed by atoms with Gasteiger partial charge in [-0.3, -0.25) is 14.8 Å². The highest BCUT2D eigenvalue weighted by Crippen LogP contribution is 2.46. The summed E-state index contributed by atoms with van der Waals surface area (Å²) in [7, 11) is 1.60. The Morgan fingerprint density at radius 2 is 2.10 bits per heavy atom. The lowest BCUT2D eigenvalue weighted by atomic mass is 10.2. The minimum atomic E-state index is -0.335. The summed E-state index contributed by atoms with van der Waals surface area (Å²) in [4.78, 5) is 21.0. The van der Waals surface area contributed by atoms with Crippen molar-refractivity contribution in [1.29, 1.82) is 0 Å². The van der Waals surface area contributed by atoms with E-state index in [0.717, 1.165) is 29.1 Å². The largest absolute Gasteiger partial charge is 0.476 e. The fraction of sp³-hybridized carbons (Fsp3) is 0.364. The van der Waals surface area contributed by atoms with Gasteiger partial charge in [0.25, 0.3) is 5.56 Å². The molecular formula is C22H24FN5O2. The van der Waals surface area contributed by atoms with Gasteiger partial charge in [0.05, 0.1) is 12.8 Å². The molecule has 7 nitrogen and oxygen atoms in total. The van der Waals surface area contributed by atoms with Crippen LogP contribution >= 0.6 is 0 Å². The van der Waals surface area contributed by atoms with Crippen LogP contribution in [-0.4, -0.2) is 26.4 Å². The molecule has 0 saturated heterocycles. The van der Waals surface area contributed by atoms with E-state index in [4.69, 9.17) is 4.74 Å². The molecule has 1 unspecified atom stereocenters. The molecule has 1 aliphatic rings. The van der Waals surface area contributed by atoms with E-state index in [-0.39, 0.29) is 17.3 Å². The molecule has 30 heavy (non-hydrogen) atoms. The summed E-state index contributed by atoms with van der Waals surface area (Å²) >= 11 is 0. The summed E-state index contributed by atoms with van der Waals surface area (Å²) in [5.41, 5.74) is 3.99. The first kappa shape index (κ1) is 20.0. The minimum absolute atomic E-state index is 0.222. The number of hydrogen-bond acceptors (Lipinski definition) is 6. The normalized spacial score (nSPS) is 17.6. The Kier molecular flexibility index (Phi) is 5.48. The lowest BCUT2D eigenvalue weighted by molar-refractivity contribution is 0.278. The molecule has 8 heteroatoms. The molecule has 4 rings (SSSR count). The first-order valence-electron chi connectivity index (χ1n) is 9.90. The molecule has 0 aliphatic heterocycles. The van der Waals surface area contributed by atoms with Gasteiger partial charge in [0, 0.05) is 48.6 Å². The van der Waals surface area contributed by atoms with Gasteiger partial charge in [0.2, 0.25) is 5.88 Å². The van der Waals surface area contributed by atoms with E-state index in [1.54, 1.807) is 19.2 Å². The van der Waals surface area contributed by atoms with E-state index >= 15 is 0 Å². The van der Waals surface area contributed by atoms with Crippen LogP contribution in [0.25, 0.3) is 0 Å². The fourth-order valence-electron chi connectivity index (χ4n) is 3.46. The number of rotatable bonds is 7. The molecule has 3 aromatic rings. The molecule has 0 aromatic carbocycles. The summed E-state index contributed by atoms with van der Waals surface area (Å²) in [5.74, 6) is 0.627. The van der Waals surface area contributed by atoms with Crippen molar-refractivity contribution in [3.05, 3.63) is 75.3 Å². The lowest BCUT2D eigenvalue weighted by Crippen LogP contribution is -2.24. The molecule has 0 spiro atoms. The summed E-state index contributed by atoms with van der Waals surface area (Å²) in [5, 5.41) is 7.37. The van der Waals surface area contributed by atoms with Crippen molar-refractivity contribution in [1.82, 2.24) is 19.7 Å². The molecule has 0 amide bonds. The predicted octanol–water partition coefficient (Wildman–Crippen LogP) is 3.12. The summed E-state index contributed by atoms with van der Waals surface area (Å²) < 4.78 is 20.1. The molecule has 0 bridgehead atoms. The van der Waals surface area contributed by atoms with Crippen LogP contribution in [0.2, 0.25) is 0 Å². The number of nitrogens with one attached hydrogen (secondary N) is 1. The van der Waals surface area contributed by atoms with Gasteiger partial charge in [-0.15, -0.1) is 5.10 Å². The third kappa shape index (κ3) is 4.48. The van der Waals surface area contributed by atoms with E-state index < -0.39 is 0 Å². The Hall–Kier alpha value is -3.29. The highest BCUT2D eigenvalue weighted by Gasteiger charge is 2.40. The average molecular weight is 409 g/mol. The number of nitrogens with zero attached hydrogens (tertiary/aromatic N) is 4. The van der Waals surface area contributed by atoms with Crippen molar-refractivity contribution in [2.24, 2.45) is 13.0 Å². The molecule has 156 valence electrons. The number of pyridine rings is 2. The van der Waals surface area contributed by atoms with Crippen LogP contribution < -0.4 is 15.6 Å². The van der Waals surface area contributed by atoms with Crippen molar-refractivity contribution >= 4 is 5.69 Å². The molecule has 0 radical (unpaired) electrons. The van der Waals surface area contributed by atoms with Crippen LogP contribution in [0.3, 0.4) is 0 Å². The van der Waals surface area contributed by atoms with Crippen molar-refractivity contribution in [3.63, 3.8) is 0 Å². The summed E-state index contributed by atoms with van der Waals surface area (Å²) in [6, 6.07) is 8.73. The van der Waals surface area contributed by atoms with Crippen molar-refractivity contribution in [2.45, 2.75) is 32.7 Å². The monoisotopic (exact) mass is 409 g/mol. The average Bonchev–Trinajstić information content (AvgIpc) is 3.49. The highest BCUT2D eigenvalue weighted by atomic mass is 19.1. The second kappa shape index (κ2) is 8.22. The van der Waals surface area contributed by atoms with Crippen LogP contribution in [0, 0.1) is 25.6 Å². The molecule has 3 heterocycles. The standard InChI is InChI=1S/C22H24FN5O2/c1-13-4-5-15(14(2)26-13)10-24-20-9-21(27-28(3)22(20)29)30-12-16-8-18(16)19-7-6-17(23)11-25-19/h4-7,9,11,16,18,24H,8,10,12H2,1-3H3/t16?,18-/m1/s1. The summed E-state index contributed by atoms with van der Waals surface area (Å²) in [6.07, 6.45) is 2.18. The van der Waals surface area contributed by atoms with E-state index in [9.17, 15) is 9.18 Å². The van der Waals surface area contributed by atoms with Crippen molar-refractivity contribution < 1.29 is 9.13 Å². The van der Waals surface area contributed by atoms with Crippen molar-refractivity contribution in [3.8, 4) is 5.88 Å². The number of aryl methyl sites for hydroxylation is 3. The summed E-state index contributed by atoms with van der Waals surface area (Å²) in [6.45, 7) is 4.85. The van der Waals surface area contributed by atoms with Gasteiger partial charge < -0.3 is 10.1 Å². The molecule has 1 saturated carbocycles. The Labute approximate surface area is 174 Å². The van der Waals surface area contributed by atoms with E-state index in [0.29, 0.717) is 30.6 Å². The second-order valence-electron chi connectivity index (χ2n) is 7.69. The van der Waals surface area contributed by atoms with Gasteiger partial charge in [0.15, 0.2) is 0 Å². The van der Waals surface area contributed by atoms with Crippen LogP contribution in [0.1, 0.15) is 35.0 Å². The second-order valence-corrected chi connectivity index (χ2v) is 7.69. The van der Waals surface area contributed by atoms with E-state index in [1.807, 2.05) is 26.0 Å². The van der Waals surface area contributed by atoms with Crippen LogP contribution in [-0.2, 0) is 13.6 Å². The Morgan fingerprint density at radius 1 is 1.27 bits per heavy atom. The Balaban J connectivity index is 1.39. The van der Waals surface area contributed by atoms with E-state index in [2.05, 4.69) is 20.4 Å². The highest BCUT2D eigenvalue weighted by molar-refractivity contribution is 5.44. The first-order valence-corrected chi connectivity index (χ1v) is 9.90. The SMILES string of the molecule is Cc1ccc(CNc2cc(OCC3C[C@H]3c3ccc(F)cn3)nn(C)c2=O)c(C)n1. The number of aromatic nitrogens is 4. The third-order valence-corrected chi connectivity index (χ3v) is 5.34. The molecule has 1 N–H and O–H groups in total. The topological polar surface area (TPSA) is 81.9 Å². The van der Waals surface area contributed by atoms with Crippen LogP contribution in [0.4, 0.5) is 10.1 Å². The van der Waals surface area contributed by atoms with Crippen LogP contribution in [0.15, 0.2) is 41.3 Å². The molecule has 1 fully saturated rings. The lowest BCUT2D eigenvalue weighted by Gasteiger charge is -2.12. The minimum Gasteiger partial charge on any atom is -0.476 e. The zero-order chi connectivity index (χ0) is 21.3. The van der Waals surface area contributed by atoms with Gasteiger partial charge in [0.1, 0.15) is 11.5 Å². The maximum Gasteiger partial charge on any atom is 0.290 e. The third-order valence-electron chi connectivity index (χ3n) is 5.34. The maximum atomic E-state index is 13.0. The van der Waals surface area contributed by atoms with Crippen molar-refractivity contribution in [2.75, 3.05) is 11.9 Å². The molecular weight excluding hydrogens is 385 g/mol.